The third-order valence-corrected chi connectivity index (χ3v) is 2.89. The maximum atomic E-state index is 11.5. The smallest absolute Gasteiger partial charge is 0.257 e. The molecule has 0 saturated carbocycles. The van der Waals surface area contributed by atoms with Crippen LogP contribution in [0.3, 0.4) is 0 Å². The summed E-state index contributed by atoms with van der Waals surface area (Å²) in [5.41, 5.74) is 0. The van der Waals surface area contributed by atoms with Gasteiger partial charge >= 0.3 is 0 Å². The van der Waals surface area contributed by atoms with Crippen LogP contribution in [-0.4, -0.2) is 44.6 Å². The van der Waals surface area contributed by atoms with Crippen LogP contribution in [0.1, 0.15) is 6.42 Å². The van der Waals surface area contributed by atoms with E-state index in [4.69, 9.17) is 27.9 Å². The van der Waals surface area contributed by atoms with Gasteiger partial charge in [-0.3, -0.25) is 4.79 Å². The van der Waals surface area contributed by atoms with Gasteiger partial charge in [0.05, 0.1) is 5.02 Å². The van der Waals surface area contributed by atoms with Crippen molar-refractivity contribution in [2.45, 2.75) is 6.42 Å². The fourth-order valence-electron chi connectivity index (χ4n) is 1.41. The maximum absolute atomic E-state index is 11.5. The fourth-order valence-corrected chi connectivity index (χ4v) is 1.87. The Labute approximate surface area is 123 Å². The van der Waals surface area contributed by atoms with Gasteiger partial charge in [-0.05, 0) is 45.3 Å². The van der Waals surface area contributed by atoms with E-state index < -0.39 is 0 Å². The van der Waals surface area contributed by atoms with Gasteiger partial charge in [-0.1, -0.05) is 23.2 Å². The van der Waals surface area contributed by atoms with Crippen molar-refractivity contribution < 1.29 is 9.53 Å². The third kappa shape index (κ3) is 6.66. The molecule has 4 nitrogen and oxygen atoms in total. The van der Waals surface area contributed by atoms with Gasteiger partial charge in [-0.2, -0.15) is 0 Å². The molecule has 106 valence electrons. The highest BCUT2D eigenvalue weighted by Gasteiger charge is 2.06. The number of carbonyl (C=O) groups is 1. The summed E-state index contributed by atoms with van der Waals surface area (Å²) >= 11 is 11.7. The zero-order valence-corrected chi connectivity index (χ0v) is 12.6. The summed E-state index contributed by atoms with van der Waals surface area (Å²) in [6, 6.07) is 4.88. The Morgan fingerprint density at radius 3 is 2.74 bits per heavy atom. The van der Waals surface area contributed by atoms with E-state index in [-0.39, 0.29) is 12.5 Å². The fraction of sp³-hybridized carbons (Fsp3) is 0.462. The summed E-state index contributed by atoms with van der Waals surface area (Å²) in [7, 11) is 3.99. The van der Waals surface area contributed by atoms with Gasteiger partial charge in [0.1, 0.15) is 5.75 Å². The number of halogens is 2. The van der Waals surface area contributed by atoms with Crippen molar-refractivity contribution in [2.24, 2.45) is 0 Å². The molecule has 0 aliphatic carbocycles. The van der Waals surface area contributed by atoms with Crippen molar-refractivity contribution in [2.75, 3.05) is 33.8 Å². The van der Waals surface area contributed by atoms with Gasteiger partial charge in [-0.15, -0.1) is 0 Å². The van der Waals surface area contributed by atoms with Crippen LogP contribution < -0.4 is 10.1 Å². The SMILES string of the molecule is CN(C)CCCNC(=O)COc1ccc(Cl)cc1Cl. The standard InChI is InChI=1S/C13H18Cl2N2O2/c1-17(2)7-3-6-16-13(18)9-19-12-5-4-10(14)8-11(12)15/h4-5,8H,3,6-7,9H2,1-2H3,(H,16,18). The Bertz CT molecular complexity index is 425. The van der Waals surface area contributed by atoms with E-state index in [9.17, 15) is 4.79 Å². The minimum absolute atomic E-state index is 0.0523. The second-order valence-corrected chi connectivity index (χ2v) is 5.21. The van der Waals surface area contributed by atoms with E-state index in [1.807, 2.05) is 14.1 Å². The molecule has 0 fully saturated rings. The van der Waals surface area contributed by atoms with Crippen molar-refractivity contribution >= 4 is 29.1 Å². The minimum atomic E-state index is -0.162. The lowest BCUT2D eigenvalue weighted by Crippen LogP contribution is -2.31. The number of hydrogen-bond donors (Lipinski definition) is 1. The molecule has 6 heteroatoms. The second kappa shape index (κ2) is 8.25. The molecule has 1 aromatic carbocycles. The molecule has 1 rings (SSSR count). The molecule has 0 atom stereocenters. The lowest BCUT2D eigenvalue weighted by Gasteiger charge is -2.11. The van der Waals surface area contributed by atoms with Crippen molar-refractivity contribution in [1.29, 1.82) is 0 Å². The van der Waals surface area contributed by atoms with Crippen LogP contribution in [0.4, 0.5) is 0 Å². The first-order valence-electron chi connectivity index (χ1n) is 5.98. The first-order valence-corrected chi connectivity index (χ1v) is 6.74. The monoisotopic (exact) mass is 304 g/mol. The summed E-state index contributed by atoms with van der Waals surface area (Å²) in [6.07, 6.45) is 0.903. The number of carbonyl (C=O) groups excluding carboxylic acids is 1. The summed E-state index contributed by atoms with van der Waals surface area (Å²) < 4.78 is 5.32. The molecule has 1 N–H and O–H groups in total. The first kappa shape index (κ1) is 16.1. The topological polar surface area (TPSA) is 41.6 Å². The van der Waals surface area contributed by atoms with Gasteiger partial charge in [0.15, 0.2) is 6.61 Å². The lowest BCUT2D eigenvalue weighted by molar-refractivity contribution is -0.123. The molecule has 0 aromatic heterocycles. The third-order valence-electron chi connectivity index (χ3n) is 2.36. The molecule has 1 aromatic rings. The Hall–Kier alpha value is -0.970. The van der Waals surface area contributed by atoms with Gasteiger partial charge in [-0.25, -0.2) is 0 Å². The highest BCUT2D eigenvalue weighted by atomic mass is 35.5. The van der Waals surface area contributed by atoms with Crippen molar-refractivity contribution in [3.63, 3.8) is 0 Å². The van der Waals surface area contributed by atoms with Crippen LogP contribution in [-0.2, 0) is 4.79 Å². The molecular formula is C13H18Cl2N2O2. The maximum Gasteiger partial charge on any atom is 0.257 e. The molecule has 0 saturated heterocycles. The Morgan fingerprint density at radius 2 is 2.11 bits per heavy atom. The molecule has 0 heterocycles. The van der Waals surface area contributed by atoms with Crippen LogP contribution in [0.2, 0.25) is 10.0 Å². The van der Waals surface area contributed by atoms with Crippen LogP contribution >= 0.6 is 23.2 Å². The van der Waals surface area contributed by atoms with E-state index in [0.717, 1.165) is 13.0 Å². The molecule has 0 aliphatic heterocycles. The highest BCUT2D eigenvalue weighted by Crippen LogP contribution is 2.27. The minimum Gasteiger partial charge on any atom is -0.482 e. The number of ether oxygens (including phenoxy) is 1. The number of hydrogen-bond acceptors (Lipinski definition) is 3. The molecule has 0 unspecified atom stereocenters. The predicted octanol–water partition coefficient (Wildman–Crippen LogP) is 2.44. The number of nitrogens with zero attached hydrogens (tertiary/aromatic N) is 1. The second-order valence-electron chi connectivity index (χ2n) is 4.37. The van der Waals surface area contributed by atoms with Crippen LogP contribution in [0.25, 0.3) is 0 Å². The van der Waals surface area contributed by atoms with Gasteiger partial charge in [0.25, 0.3) is 5.91 Å². The average molecular weight is 305 g/mol. The molecule has 0 aliphatic rings. The molecule has 0 bridgehead atoms. The molecule has 1 amide bonds. The Balaban J connectivity index is 2.26. The zero-order chi connectivity index (χ0) is 14.3. The van der Waals surface area contributed by atoms with Crippen molar-refractivity contribution in [3.8, 4) is 5.75 Å². The number of amides is 1. The highest BCUT2D eigenvalue weighted by molar-refractivity contribution is 6.35. The van der Waals surface area contributed by atoms with E-state index in [1.165, 1.54) is 0 Å². The Morgan fingerprint density at radius 1 is 1.37 bits per heavy atom. The van der Waals surface area contributed by atoms with E-state index in [0.29, 0.717) is 22.3 Å². The molecule has 0 spiro atoms. The number of rotatable bonds is 7. The normalized spacial score (nSPS) is 10.6. The quantitative estimate of drug-likeness (QED) is 0.787. The van der Waals surface area contributed by atoms with E-state index >= 15 is 0 Å². The largest absolute Gasteiger partial charge is 0.482 e. The van der Waals surface area contributed by atoms with Gasteiger partial charge < -0.3 is 15.0 Å². The Kier molecular flexibility index (Phi) is 6.99. The van der Waals surface area contributed by atoms with E-state index in [1.54, 1.807) is 18.2 Å². The molecule has 0 radical (unpaired) electrons. The lowest BCUT2D eigenvalue weighted by atomic mass is 10.3. The summed E-state index contributed by atoms with van der Waals surface area (Å²) in [4.78, 5) is 13.6. The van der Waals surface area contributed by atoms with Crippen molar-refractivity contribution in [1.82, 2.24) is 10.2 Å². The molecule has 19 heavy (non-hydrogen) atoms. The van der Waals surface area contributed by atoms with Crippen LogP contribution in [0.5, 0.6) is 5.75 Å². The van der Waals surface area contributed by atoms with Crippen molar-refractivity contribution in [3.05, 3.63) is 28.2 Å². The van der Waals surface area contributed by atoms with Gasteiger partial charge in [0, 0.05) is 11.6 Å². The van der Waals surface area contributed by atoms with Crippen LogP contribution in [0, 0.1) is 0 Å². The number of nitrogens with one attached hydrogen (secondary N) is 1. The van der Waals surface area contributed by atoms with E-state index in [2.05, 4.69) is 10.2 Å². The first-order chi connectivity index (χ1) is 8.99. The van der Waals surface area contributed by atoms with Crippen LogP contribution in [0.15, 0.2) is 18.2 Å². The number of benzene rings is 1. The average Bonchev–Trinajstić information content (AvgIpc) is 2.33. The summed E-state index contributed by atoms with van der Waals surface area (Å²) in [5.74, 6) is 0.291. The summed E-state index contributed by atoms with van der Waals surface area (Å²) in [5, 5.41) is 3.71. The predicted molar refractivity (Wildman–Crippen MR) is 78.1 cm³/mol. The summed E-state index contributed by atoms with van der Waals surface area (Å²) in [6.45, 7) is 1.52. The molecular weight excluding hydrogens is 287 g/mol. The zero-order valence-electron chi connectivity index (χ0n) is 11.1. The van der Waals surface area contributed by atoms with Gasteiger partial charge in [0.2, 0.25) is 0 Å².